The zero-order chi connectivity index (χ0) is 19.1. The smallest absolute Gasteiger partial charge is 0.245 e. The van der Waals surface area contributed by atoms with Crippen molar-refractivity contribution in [2.45, 2.75) is 44.8 Å². The molecule has 0 amide bonds. The average molecular weight is 373 g/mol. The molecule has 5 nitrogen and oxygen atoms in total. The molecule has 142 valence electrons. The fourth-order valence-corrected chi connectivity index (χ4v) is 4.10. The Morgan fingerprint density at radius 3 is 2.50 bits per heavy atom. The number of aliphatic hydroxyl groups excluding tert-OH is 1. The van der Waals surface area contributed by atoms with Gasteiger partial charge in [0.1, 0.15) is 17.0 Å². The molecule has 5 heteroatoms. The van der Waals surface area contributed by atoms with Gasteiger partial charge in [0.05, 0.1) is 12.3 Å². The maximum absolute atomic E-state index is 9.97. The highest BCUT2D eigenvalue weighted by molar-refractivity contribution is 5.76. The Labute approximate surface area is 163 Å². The van der Waals surface area contributed by atoms with Gasteiger partial charge in [-0.3, -0.25) is 0 Å². The lowest BCUT2D eigenvalue weighted by molar-refractivity contribution is 0.111. The van der Waals surface area contributed by atoms with Gasteiger partial charge in [0.25, 0.3) is 0 Å². The van der Waals surface area contributed by atoms with Gasteiger partial charge in [0.15, 0.2) is 5.58 Å². The van der Waals surface area contributed by atoms with Crippen LogP contribution in [0, 0.1) is 6.92 Å². The Balaban J connectivity index is 1.65. The summed E-state index contributed by atoms with van der Waals surface area (Å²) in [5.74, 6) is 1.52. The van der Waals surface area contributed by atoms with Crippen molar-refractivity contribution in [1.82, 2.24) is 14.5 Å². The second-order valence-electron chi connectivity index (χ2n) is 7.65. The third kappa shape index (κ3) is 3.02. The lowest BCUT2D eigenvalue weighted by Gasteiger charge is -2.28. The molecule has 2 aromatic heterocycles. The van der Waals surface area contributed by atoms with Gasteiger partial charge >= 0.3 is 0 Å². The highest BCUT2D eigenvalue weighted by atomic mass is 16.3. The van der Waals surface area contributed by atoms with E-state index in [4.69, 9.17) is 14.4 Å². The van der Waals surface area contributed by atoms with Crippen molar-refractivity contribution in [1.29, 1.82) is 0 Å². The number of hydrogen-bond donors (Lipinski definition) is 1. The normalized spacial score (nSPS) is 19.9. The van der Waals surface area contributed by atoms with Crippen molar-refractivity contribution in [3.8, 4) is 23.0 Å². The van der Waals surface area contributed by atoms with Crippen molar-refractivity contribution >= 4 is 11.1 Å². The summed E-state index contributed by atoms with van der Waals surface area (Å²) in [6.45, 7) is 2.09. The van der Waals surface area contributed by atoms with Crippen LogP contribution in [-0.4, -0.2) is 25.7 Å². The number of aryl methyl sites for hydroxylation is 1. The number of imidazole rings is 1. The minimum Gasteiger partial charge on any atom is -0.435 e. The summed E-state index contributed by atoms with van der Waals surface area (Å²) in [6, 6.07) is 16.5. The van der Waals surface area contributed by atoms with Crippen molar-refractivity contribution in [2.24, 2.45) is 0 Å². The monoisotopic (exact) mass is 373 g/mol. The Bertz CT molecular complexity index is 1070. The first-order chi connectivity index (χ1) is 13.7. The fraction of sp³-hybridized carbons (Fsp3) is 0.304. The van der Waals surface area contributed by atoms with E-state index in [0.717, 1.165) is 53.9 Å². The summed E-state index contributed by atoms with van der Waals surface area (Å²) in [7, 11) is 0. The van der Waals surface area contributed by atoms with Gasteiger partial charge in [-0.25, -0.2) is 9.97 Å². The summed E-state index contributed by atoms with van der Waals surface area (Å²) in [5.41, 5.74) is 4.83. The number of hydrogen-bond acceptors (Lipinski definition) is 4. The number of rotatable bonds is 3. The first-order valence-electron chi connectivity index (χ1n) is 9.87. The van der Waals surface area contributed by atoms with E-state index in [1.54, 1.807) is 0 Å². The van der Waals surface area contributed by atoms with Crippen LogP contribution >= 0.6 is 0 Å². The molecule has 0 bridgehead atoms. The number of oxazole rings is 1. The van der Waals surface area contributed by atoms with Gasteiger partial charge in [-0.2, -0.15) is 0 Å². The molecule has 28 heavy (non-hydrogen) atoms. The zero-order valence-corrected chi connectivity index (χ0v) is 15.9. The lowest BCUT2D eigenvalue weighted by Crippen LogP contribution is -2.22. The van der Waals surface area contributed by atoms with Crippen molar-refractivity contribution in [3.05, 3.63) is 60.3 Å². The minimum absolute atomic E-state index is 0.199. The molecular formula is C23H23N3O2. The number of aromatic nitrogens is 3. The van der Waals surface area contributed by atoms with Crippen LogP contribution in [0.3, 0.4) is 0 Å². The largest absolute Gasteiger partial charge is 0.435 e. The summed E-state index contributed by atoms with van der Waals surface area (Å²) in [5, 5.41) is 9.97. The van der Waals surface area contributed by atoms with Crippen molar-refractivity contribution in [2.75, 3.05) is 0 Å². The van der Waals surface area contributed by atoms with E-state index in [-0.39, 0.29) is 12.1 Å². The molecule has 0 unspecified atom stereocenters. The maximum Gasteiger partial charge on any atom is 0.245 e. The Morgan fingerprint density at radius 2 is 1.75 bits per heavy atom. The van der Waals surface area contributed by atoms with Gasteiger partial charge in [-0.15, -0.1) is 0 Å². The van der Waals surface area contributed by atoms with Crippen LogP contribution in [-0.2, 0) is 0 Å². The molecular weight excluding hydrogens is 350 g/mol. The van der Waals surface area contributed by atoms with Crippen LogP contribution in [0.15, 0.2) is 59.1 Å². The third-order valence-electron chi connectivity index (χ3n) is 5.65. The summed E-state index contributed by atoms with van der Waals surface area (Å²) < 4.78 is 8.32. The van der Waals surface area contributed by atoms with E-state index in [0.29, 0.717) is 5.89 Å². The number of fused-ring (bicyclic) bond motifs is 1. The first-order valence-corrected chi connectivity index (χ1v) is 9.87. The molecule has 1 saturated carbocycles. The average Bonchev–Trinajstić information content (AvgIpc) is 3.33. The molecule has 4 aromatic rings. The molecule has 1 aliphatic rings. The third-order valence-corrected chi connectivity index (χ3v) is 5.65. The number of nitrogens with zero attached hydrogens (tertiary/aromatic N) is 3. The maximum atomic E-state index is 9.97. The molecule has 2 heterocycles. The molecule has 0 aliphatic heterocycles. The molecule has 5 rings (SSSR count). The standard InChI is InChI=1S/C23H23N3O2/c1-15-6-8-16(9-7-15)22-24-14-20(26(22)17-10-12-18(27)13-11-17)23-25-19-4-2-3-5-21(19)28-23/h2-9,14,17-18,27H,10-13H2,1H3. The Hall–Kier alpha value is -2.92. The van der Waals surface area contributed by atoms with Crippen LogP contribution in [0.4, 0.5) is 0 Å². The van der Waals surface area contributed by atoms with Gasteiger partial charge < -0.3 is 14.1 Å². The molecule has 1 N–H and O–H groups in total. The Kier molecular flexibility index (Phi) is 4.24. The summed E-state index contributed by atoms with van der Waals surface area (Å²) >= 11 is 0. The predicted octanol–water partition coefficient (Wildman–Crippen LogP) is 5.14. The summed E-state index contributed by atoms with van der Waals surface area (Å²) in [6.07, 6.45) is 5.13. The van der Waals surface area contributed by atoms with Crippen molar-refractivity contribution < 1.29 is 9.52 Å². The molecule has 0 saturated heterocycles. The van der Waals surface area contributed by atoms with Crippen LogP contribution < -0.4 is 0 Å². The SMILES string of the molecule is Cc1ccc(-c2ncc(-c3nc4ccccc4o3)n2C2CCC(O)CC2)cc1. The number of benzene rings is 2. The highest BCUT2D eigenvalue weighted by Gasteiger charge is 2.27. The van der Waals surface area contributed by atoms with E-state index in [9.17, 15) is 5.11 Å². The lowest BCUT2D eigenvalue weighted by atomic mass is 9.92. The molecule has 0 atom stereocenters. The second kappa shape index (κ2) is 6.91. The van der Waals surface area contributed by atoms with Crippen LogP contribution in [0.25, 0.3) is 34.1 Å². The van der Waals surface area contributed by atoms with E-state index in [2.05, 4.69) is 35.8 Å². The predicted molar refractivity (Wildman–Crippen MR) is 109 cm³/mol. The Morgan fingerprint density at radius 1 is 1.00 bits per heavy atom. The second-order valence-corrected chi connectivity index (χ2v) is 7.65. The van der Waals surface area contributed by atoms with Crippen LogP contribution in [0.2, 0.25) is 0 Å². The minimum atomic E-state index is -0.199. The topological polar surface area (TPSA) is 64.1 Å². The van der Waals surface area contributed by atoms with E-state index in [1.165, 1.54) is 5.56 Å². The number of para-hydroxylation sites is 2. The van der Waals surface area contributed by atoms with Gasteiger partial charge in [0, 0.05) is 11.6 Å². The summed E-state index contributed by atoms with van der Waals surface area (Å²) in [4.78, 5) is 9.45. The number of aliphatic hydroxyl groups is 1. The quantitative estimate of drug-likeness (QED) is 0.540. The molecule has 1 fully saturated rings. The van der Waals surface area contributed by atoms with Crippen molar-refractivity contribution in [3.63, 3.8) is 0 Å². The fourth-order valence-electron chi connectivity index (χ4n) is 4.10. The zero-order valence-electron chi connectivity index (χ0n) is 15.9. The first kappa shape index (κ1) is 17.2. The highest BCUT2D eigenvalue weighted by Crippen LogP contribution is 2.37. The van der Waals surface area contributed by atoms with Gasteiger partial charge in [0.2, 0.25) is 5.89 Å². The molecule has 2 aromatic carbocycles. The van der Waals surface area contributed by atoms with Gasteiger partial charge in [-0.1, -0.05) is 42.0 Å². The van der Waals surface area contributed by atoms with E-state index in [1.807, 2.05) is 30.5 Å². The van der Waals surface area contributed by atoms with Gasteiger partial charge in [-0.05, 0) is 44.7 Å². The van der Waals surface area contributed by atoms with Crippen LogP contribution in [0.1, 0.15) is 37.3 Å². The van der Waals surface area contributed by atoms with E-state index >= 15 is 0 Å². The van der Waals surface area contributed by atoms with Crippen LogP contribution in [0.5, 0.6) is 0 Å². The molecule has 0 radical (unpaired) electrons. The molecule has 1 aliphatic carbocycles. The van der Waals surface area contributed by atoms with E-state index < -0.39 is 0 Å². The molecule has 0 spiro atoms.